The fourth-order valence-electron chi connectivity index (χ4n) is 2.12. The molecule has 0 saturated carbocycles. The zero-order chi connectivity index (χ0) is 12.3. The highest BCUT2D eigenvalue weighted by atomic mass is 35.5. The summed E-state index contributed by atoms with van der Waals surface area (Å²) in [4.78, 5) is 15.4. The molecule has 0 radical (unpaired) electrons. The lowest BCUT2D eigenvalue weighted by atomic mass is 10.2. The zero-order valence-electron chi connectivity index (χ0n) is 11.0. The van der Waals surface area contributed by atoms with Gasteiger partial charge in [0.25, 0.3) is 0 Å². The summed E-state index contributed by atoms with van der Waals surface area (Å²) < 4.78 is 0. The molecule has 2 N–H and O–H groups in total. The van der Waals surface area contributed by atoms with Crippen molar-refractivity contribution in [2.75, 3.05) is 31.1 Å². The number of nitrogens with two attached hydrogens (primary N) is 1. The molecule has 2 rings (SSSR count). The van der Waals surface area contributed by atoms with Crippen LogP contribution >= 0.6 is 24.8 Å². The van der Waals surface area contributed by atoms with Crippen LogP contribution in [-0.4, -0.2) is 37.0 Å². The molecule has 1 aromatic carbocycles. The lowest BCUT2D eigenvalue weighted by molar-refractivity contribution is -0.129. The first-order valence-corrected chi connectivity index (χ1v) is 6.00. The molecule has 1 saturated heterocycles. The van der Waals surface area contributed by atoms with Gasteiger partial charge in [-0.05, 0) is 17.7 Å². The number of piperazine rings is 1. The van der Waals surface area contributed by atoms with E-state index in [1.54, 1.807) is 6.92 Å². The number of hydrogen-bond donors (Lipinski definition) is 1. The van der Waals surface area contributed by atoms with Crippen molar-refractivity contribution in [3.63, 3.8) is 0 Å². The Morgan fingerprint density at radius 3 is 2.05 bits per heavy atom. The first kappa shape index (κ1) is 18.0. The molecule has 1 fully saturated rings. The summed E-state index contributed by atoms with van der Waals surface area (Å²) in [5, 5.41) is 0. The summed E-state index contributed by atoms with van der Waals surface area (Å²) in [6.45, 7) is 5.65. The highest BCUT2D eigenvalue weighted by Gasteiger charge is 2.18. The molecular formula is C13H21Cl2N3O. The number of benzene rings is 1. The first-order valence-electron chi connectivity index (χ1n) is 6.00. The largest absolute Gasteiger partial charge is 0.368 e. The molecule has 0 unspecified atom stereocenters. The van der Waals surface area contributed by atoms with Gasteiger partial charge in [0.05, 0.1) is 0 Å². The Kier molecular flexibility index (Phi) is 7.83. The number of anilines is 1. The third-order valence-electron chi connectivity index (χ3n) is 3.26. The van der Waals surface area contributed by atoms with E-state index in [-0.39, 0.29) is 30.7 Å². The predicted molar refractivity (Wildman–Crippen MR) is 83.3 cm³/mol. The van der Waals surface area contributed by atoms with Crippen molar-refractivity contribution < 1.29 is 4.79 Å². The number of rotatable bonds is 2. The van der Waals surface area contributed by atoms with Gasteiger partial charge in [0, 0.05) is 45.3 Å². The number of carbonyl (C=O) groups is 1. The maximum absolute atomic E-state index is 11.2. The Bertz CT molecular complexity index is 389. The first-order chi connectivity index (χ1) is 8.20. The van der Waals surface area contributed by atoms with Gasteiger partial charge < -0.3 is 15.5 Å². The smallest absolute Gasteiger partial charge is 0.219 e. The Morgan fingerprint density at radius 2 is 1.63 bits per heavy atom. The van der Waals surface area contributed by atoms with Crippen LogP contribution in [-0.2, 0) is 11.3 Å². The van der Waals surface area contributed by atoms with Crippen LogP contribution in [0.4, 0.5) is 5.69 Å². The second-order valence-corrected chi connectivity index (χ2v) is 4.36. The molecule has 0 atom stereocenters. The SMILES string of the molecule is CC(=O)N1CCN(c2ccc(CN)cc2)CC1.Cl.Cl. The third-order valence-corrected chi connectivity index (χ3v) is 3.26. The summed E-state index contributed by atoms with van der Waals surface area (Å²) in [6.07, 6.45) is 0. The van der Waals surface area contributed by atoms with E-state index < -0.39 is 0 Å². The number of halogens is 2. The van der Waals surface area contributed by atoms with Gasteiger partial charge in [0.2, 0.25) is 5.91 Å². The lowest BCUT2D eigenvalue weighted by Crippen LogP contribution is -2.48. The van der Waals surface area contributed by atoms with Crippen molar-refractivity contribution in [3.05, 3.63) is 29.8 Å². The fraction of sp³-hybridized carbons (Fsp3) is 0.462. The topological polar surface area (TPSA) is 49.6 Å². The van der Waals surface area contributed by atoms with Gasteiger partial charge in [-0.3, -0.25) is 4.79 Å². The summed E-state index contributed by atoms with van der Waals surface area (Å²) in [7, 11) is 0. The molecular weight excluding hydrogens is 285 g/mol. The highest BCUT2D eigenvalue weighted by molar-refractivity contribution is 5.85. The summed E-state index contributed by atoms with van der Waals surface area (Å²) >= 11 is 0. The fourth-order valence-corrected chi connectivity index (χ4v) is 2.12. The van der Waals surface area contributed by atoms with Crippen molar-refractivity contribution in [1.82, 2.24) is 4.90 Å². The normalized spacial score (nSPS) is 14.4. The molecule has 6 heteroatoms. The average Bonchev–Trinajstić information content (AvgIpc) is 2.39. The molecule has 1 amide bonds. The molecule has 1 aromatic rings. The monoisotopic (exact) mass is 305 g/mol. The second-order valence-electron chi connectivity index (χ2n) is 4.36. The van der Waals surface area contributed by atoms with Crippen molar-refractivity contribution in [3.8, 4) is 0 Å². The number of carbonyl (C=O) groups excluding carboxylic acids is 1. The minimum atomic E-state index is 0. The van der Waals surface area contributed by atoms with Crippen LogP contribution in [0.1, 0.15) is 12.5 Å². The van der Waals surface area contributed by atoms with Crippen molar-refractivity contribution in [2.24, 2.45) is 5.73 Å². The third kappa shape index (κ3) is 4.56. The number of amides is 1. The average molecular weight is 306 g/mol. The van der Waals surface area contributed by atoms with E-state index in [9.17, 15) is 4.79 Å². The van der Waals surface area contributed by atoms with Gasteiger partial charge in [-0.25, -0.2) is 0 Å². The van der Waals surface area contributed by atoms with Crippen LogP contribution in [0.15, 0.2) is 24.3 Å². The van der Waals surface area contributed by atoms with Crippen LogP contribution in [0.5, 0.6) is 0 Å². The predicted octanol–water partition coefficient (Wildman–Crippen LogP) is 1.66. The summed E-state index contributed by atoms with van der Waals surface area (Å²) in [5.74, 6) is 0.170. The maximum Gasteiger partial charge on any atom is 0.219 e. The number of nitrogens with zero attached hydrogens (tertiary/aromatic N) is 2. The van der Waals surface area contributed by atoms with E-state index >= 15 is 0 Å². The Morgan fingerprint density at radius 1 is 1.11 bits per heavy atom. The van der Waals surface area contributed by atoms with E-state index in [1.165, 1.54) is 5.69 Å². The van der Waals surface area contributed by atoms with Crippen LogP contribution < -0.4 is 10.6 Å². The molecule has 1 aliphatic rings. The van der Waals surface area contributed by atoms with E-state index in [4.69, 9.17) is 5.73 Å². The molecule has 0 bridgehead atoms. The zero-order valence-corrected chi connectivity index (χ0v) is 12.7. The van der Waals surface area contributed by atoms with Crippen molar-refractivity contribution >= 4 is 36.4 Å². The van der Waals surface area contributed by atoms with Gasteiger partial charge in [-0.15, -0.1) is 24.8 Å². The highest BCUT2D eigenvalue weighted by Crippen LogP contribution is 2.17. The summed E-state index contributed by atoms with van der Waals surface area (Å²) in [5.41, 5.74) is 7.93. The van der Waals surface area contributed by atoms with Gasteiger partial charge in [-0.1, -0.05) is 12.1 Å². The van der Waals surface area contributed by atoms with Gasteiger partial charge in [-0.2, -0.15) is 0 Å². The molecule has 0 spiro atoms. The van der Waals surface area contributed by atoms with Gasteiger partial charge in [0.1, 0.15) is 0 Å². The van der Waals surface area contributed by atoms with Crippen LogP contribution in [0.2, 0.25) is 0 Å². The van der Waals surface area contributed by atoms with Crippen LogP contribution in [0.25, 0.3) is 0 Å². The molecule has 0 aromatic heterocycles. The van der Waals surface area contributed by atoms with E-state index in [2.05, 4.69) is 29.2 Å². The quantitative estimate of drug-likeness (QED) is 0.904. The van der Waals surface area contributed by atoms with Crippen molar-refractivity contribution in [2.45, 2.75) is 13.5 Å². The van der Waals surface area contributed by atoms with Crippen LogP contribution in [0.3, 0.4) is 0 Å². The molecule has 108 valence electrons. The molecule has 1 aliphatic heterocycles. The van der Waals surface area contributed by atoms with Crippen LogP contribution in [0, 0.1) is 0 Å². The molecule has 1 heterocycles. The van der Waals surface area contributed by atoms with E-state index in [0.29, 0.717) is 6.54 Å². The van der Waals surface area contributed by atoms with Gasteiger partial charge in [0.15, 0.2) is 0 Å². The van der Waals surface area contributed by atoms with Crippen molar-refractivity contribution in [1.29, 1.82) is 0 Å². The van der Waals surface area contributed by atoms with Gasteiger partial charge >= 0.3 is 0 Å². The second kappa shape index (κ2) is 8.25. The molecule has 19 heavy (non-hydrogen) atoms. The molecule has 0 aliphatic carbocycles. The lowest BCUT2D eigenvalue weighted by Gasteiger charge is -2.35. The standard InChI is InChI=1S/C13H19N3O.2ClH/c1-11(17)15-6-8-16(9-7-15)13-4-2-12(10-14)3-5-13;;/h2-5H,6-10,14H2,1H3;2*1H. The Labute approximate surface area is 126 Å². The Hall–Kier alpha value is -0.970. The minimum Gasteiger partial charge on any atom is -0.368 e. The minimum absolute atomic E-state index is 0. The summed E-state index contributed by atoms with van der Waals surface area (Å²) in [6, 6.07) is 8.33. The number of hydrogen-bond acceptors (Lipinski definition) is 3. The maximum atomic E-state index is 11.2. The van der Waals surface area contributed by atoms with E-state index in [1.807, 2.05) is 4.90 Å². The molecule has 4 nitrogen and oxygen atoms in total. The Balaban J connectivity index is 0.00000162. The van der Waals surface area contributed by atoms with E-state index in [0.717, 1.165) is 31.7 Å².